The van der Waals surface area contributed by atoms with Crippen molar-refractivity contribution in [2.24, 2.45) is 0 Å². The van der Waals surface area contributed by atoms with Gasteiger partial charge >= 0.3 is 0 Å². The van der Waals surface area contributed by atoms with E-state index in [0.717, 1.165) is 0 Å². The average molecular weight is 204 g/mol. The van der Waals surface area contributed by atoms with Gasteiger partial charge in [-0.2, -0.15) is 0 Å². The summed E-state index contributed by atoms with van der Waals surface area (Å²) in [5, 5.41) is 25.9. The minimum absolute atomic E-state index is 0.0880. The van der Waals surface area contributed by atoms with E-state index < -0.39 is 0 Å². The van der Waals surface area contributed by atoms with E-state index in [0.29, 0.717) is 5.75 Å². The first-order chi connectivity index (χ1) is 7.18. The molecule has 0 radical (unpaired) electrons. The van der Waals surface area contributed by atoms with Gasteiger partial charge in [-0.15, -0.1) is 0 Å². The Bertz CT molecular complexity index is 381. The third-order valence-electron chi connectivity index (χ3n) is 1.59. The molecule has 0 bridgehead atoms. The minimum atomic E-state index is 0.0880. The van der Waals surface area contributed by atoms with Crippen molar-refractivity contribution >= 4 is 0 Å². The van der Waals surface area contributed by atoms with Crippen molar-refractivity contribution in [2.75, 3.05) is 0 Å². The third kappa shape index (κ3) is 4.57. The predicted octanol–water partition coefficient (Wildman–Crippen LogP) is 2.49. The number of hydrogen-bond donors (Lipinski definition) is 3. The zero-order chi connectivity index (χ0) is 11.1. The molecule has 0 spiro atoms. The van der Waals surface area contributed by atoms with Gasteiger partial charge < -0.3 is 15.3 Å². The molecular weight excluding hydrogens is 192 g/mol. The molecule has 0 aliphatic rings. The van der Waals surface area contributed by atoms with E-state index in [1.165, 1.54) is 18.2 Å². The summed E-state index contributed by atoms with van der Waals surface area (Å²) in [4.78, 5) is 0. The number of phenols is 3. The highest BCUT2D eigenvalue weighted by atomic mass is 16.3. The minimum Gasteiger partial charge on any atom is -0.508 e. The van der Waals surface area contributed by atoms with Crippen molar-refractivity contribution in [1.82, 2.24) is 0 Å². The molecule has 0 fully saturated rings. The highest BCUT2D eigenvalue weighted by molar-refractivity contribution is 5.30. The number of hydrogen-bond acceptors (Lipinski definition) is 3. The maximum atomic E-state index is 8.65. The number of rotatable bonds is 0. The quantitative estimate of drug-likeness (QED) is 0.617. The highest BCUT2D eigenvalue weighted by Crippen LogP contribution is 2.14. The van der Waals surface area contributed by atoms with Gasteiger partial charge in [0.15, 0.2) is 0 Å². The van der Waals surface area contributed by atoms with Crippen LogP contribution in [-0.2, 0) is 0 Å². The summed E-state index contributed by atoms with van der Waals surface area (Å²) in [5.74, 6) is 0.498. The van der Waals surface area contributed by atoms with Gasteiger partial charge in [0.05, 0.1) is 0 Å². The van der Waals surface area contributed by atoms with Gasteiger partial charge in [0.1, 0.15) is 17.2 Å². The lowest BCUT2D eigenvalue weighted by Gasteiger charge is -1.89. The van der Waals surface area contributed by atoms with E-state index in [2.05, 4.69) is 0 Å². The van der Waals surface area contributed by atoms with Crippen LogP contribution in [0.15, 0.2) is 54.6 Å². The van der Waals surface area contributed by atoms with Crippen LogP contribution < -0.4 is 0 Å². The fourth-order valence-electron chi connectivity index (χ4n) is 0.921. The molecule has 2 aromatic carbocycles. The summed E-state index contributed by atoms with van der Waals surface area (Å²) in [7, 11) is 0. The van der Waals surface area contributed by atoms with Gasteiger partial charge in [-0.25, -0.2) is 0 Å². The Hall–Kier alpha value is -2.16. The zero-order valence-electron chi connectivity index (χ0n) is 8.04. The molecular formula is C12H12O3. The molecule has 2 rings (SSSR count). The smallest absolute Gasteiger partial charge is 0.119 e. The molecule has 0 unspecified atom stereocenters. The summed E-state index contributed by atoms with van der Waals surface area (Å²) >= 11 is 0. The number of benzene rings is 2. The summed E-state index contributed by atoms with van der Waals surface area (Å²) in [6, 6.07) is 14.6. The van der Waals surface area contributed by atoms with E-state index >= 15 is 0 Å². The molecule has 3 nitrogen and oxygen atoms in total. The molecule has 0 aromatic heterocycles. The maximum Gasteiger partial charge on any atom is 0.119 e. The van der Waals surface area contributed by atoms with Crippen LogP contribution in [0, 0.1) is 0 Å². The highest BCUT2D eigenvalue weighted by Gasteiger charge is 1.85. The van der Waals surface area contributed by atoms with E-state index in [1.54, 1.807) is 30.3 Å². The van der Waals surface area contributed by atoms with E-state index in [9.17, 15) is 0 Å². The van der Waals surface area contributed by atoms with Gasteiger partial charge in [-0.3, -0.25) is 0 Å². The molecule has 2 aromatic rings. The van der Waals surface area contributed by atoms with Crippen LogP contribution in [0.3, 0.4) is 0 Å². The molecule has 3 N–H and O–H groups in total. The van der Waals surface area contributed by atoms with E-state index in [1.807, 2.05) is 6.07 Å². The fourth-order valence-corrected chi connectivity index (χ4v) is 0.921. The Morgan fingerprint density at radius 1 is 0.533 bits per heavy atom. The topological polar surface area (TPSA) is 60.7 Å². The maximum absolute atomic E-state index is 8.65. The van der Waals surface area contributed by atoms with Crippen LogP contribution in [0.25, 0.3) is 0 Å². The molecule has 3 heteroatoms. The first kappa shape index (κ1) is 10.9. The van der Waals surface area contributed by atoms with Crippen molar-refractivity contribution in [3.63, 3.8) is 0 Å². The fraction of sp³-hybridized carbons (Fsp3) is 0. The summed E-state index contributed by atoms with van der Waals surface area (Å²) in [5.41, 5.74) is 0. The van der Waals surface area contributed by atoms with Crippen molar-refractivity contribution in [3.05, 3.63) is 54.6 Å². The van der Waals surface area contributed by atoms with E-state index in [-0.39, 0.29) is 11.5 Å². The van der Waals surface area contributed by atoms with Gasteiger partial charge in [-0.05, 0) is 24.3 Å². The van der Waals surface area contributed by atoms with Crippen molar-refractivity contribution in [1.29, 1.82) is 0 Å². The number of para-hydroxylation sites is 1. The van der Waals surface area contributed by atoms with Crippen LogP contribution in [0.4, 0.5) is 0 Å². The second-order valence-electron chi connectivity index (χ2n) is 2.86. The first-order valence-electron chi connectivity index (χ1n) is 4.40. The Morgan fingerprint density at radius 3 is 1.27 bits per heavy atom. The van der Waals surface area contributed by atoms with Crippen LogP contribution in [0.2, 0.25) is 0 Å². The van der Waals surface area contributed by atoms with Crippen molar-refractivity contribution in [3.8, 4) is 17.2 Å². The Balaban J connectivity index is 0.000000151. The lowest BCUT2D eigenvalue weighted by molar-refractivity contribution is 0.450. The lowest BCUT2D eigenvalue weighted by Crippen LogP contribution is -1.61. The third-order valence-corrected chi connectivity index (χ3v) is 1.59. The predicted molar refractivity (Wildman–Crippen MR) is 57.9 cm³/mol. The molecule has 15 heavy (non-hydrogen) atoms. The van der Waals surface area contributed by atoms with Gasteiger partial charge in [0.25, 0.3) is 0 Å². The van der Waals surface area contributed by atoms with Gasteiger partial charge in [-0.1, -0.05) is 24.3 Å². The molecule has 0 saturated heterocycles. The normalized spacial score (nSPS) is 8.80. The zero-order valence-corrected chi connectivity index (χ0v) is 8.04. The van der Waals surface area contributed by atoms with Crippen LogP contribution in [-0.4, -0.2) is 15.3 Å². The Morgan fingerprint density at radius 2 is 1.00 bits per heavy atom. The van der Waals surface area contributed by atoms with Crippen LogP contribution in [0.1, 0.15) is 0 Å². The standard InChI is InChI=1S/C6H6O2.C6H6O/c7-5-2-1-3-6(8)4-5;7-6-4-2-1-3-5-6/h1-4,7-8H;1-5,7H. The summed E-state index contributed by atoms with van der Waals surface area (Å²) in [6.45, 7) is 0. The van der Waals surface area contributed by atoms with E-state index in [4.69, 9.17) is 15.3 Å². The van der Waals surface area contributed by atoms with Crippen LogP contribution in [0.5, 0.6) is 17.2 Å². The SMILES string of the molecule is Oc1cccc(O)c1.Oc1ccccc1. The molecule has 0 saturated carbocycles. The molecule has 0 aliphatic carbocycles. The Labute approximate surface area is 87.9 Å². The molecule has 0 atom stereocenters. The van der Waals surface area contributed by atoms with Crippen molar-refractivity contribution < 1.29 is 15.3 Å². The molecule has 78 valence electrons. The van der Waals surface area contributed by atoms with Crippen LogP contribution >= 0.6 is 0 Å². The number of aromatic hydroxyl groups is 3. The van der Waals surface area contributed by atoms with Crippen molar-refractivity contribution in [2.45, 2.75) is 0 Å². The number of phenolic OH excluding ortho intramolecular Hbond substituents is 3. The van der Waals surface area contributed by atoms with Gasteiger partial charge in [0, 0.05) is 6.07 Å². The van der Waals surface area contributed by atoms with Gasteiger partial charge in [0.2, 0.25) is 0 Å². The summed E-state index contributed by atoms with van der Waals surface area (Å²) < 4.78 is 0. The second-order valence-corrected chi connectivity index (χ2v) is 2.86. The molecule has 0 amide bonds. The lowest BCUT2D eigenvalue weighted by atomic mass is 10.3. The molecule has 0 heterocycles. The average Bonchev–Trinajstić information content (AvgIpc) is 2.19. The second kappa shape index (κ2) is 5.54. The molecule has 0 aliphatic heterocycles. The summed E-state index contributed by atoms with van der Waals surface area (Å²) in [6.07, 6.45) is 0. The monoisotopic (exact) mass is 204 g/mol. The first-order valence-corrected chi connectivity index (χ1v) is 4.40. The largest absolute Gasteiger partial charge is 0.508 e. The Kier molecular flexibility index (Phi) is 4.04.